The highest BCUT2D eigenvalue weighted by atomic mass is 32.2. The van der Waals surface area contributed by atoms with E-state index in [9.17, 15) is 0 Å². The summed E-state index contributed by atoms with van der Waals surface area (Å²) in [6, 6.07) is 15.9. The number of hydrogen-bond donors (Lipinski definition) is 1. The van der Waals surface area contributed by atoms with Gasteiger partial charge in [0.25, 0.3) is 0 Å². The summed E-state index contributed by atoms with van der Waals surface area (Å²) in [7, 11) is 0. The summed E-state index contributed by atoms with van der Waals surface area (Å²) < 4.78 is 0. The fourth-order valence-electron chi connectivity index (χ4n) is 2.56. The number of aryl methyl sites for hydroxylation is 2. The molecule has 0 saturated heterocycles. The average Bonchev–Trinajstić information content (AvgIpc) is 2.51. The van der Waals surface area contributed by atoms with E-state index in [1.807, 2.05) is 0 Å². The smallest absolute Gasteiger partial charge is 0.0579 e. The van der Waals surface area contributed by atoms with E-state index in [2.05, 4.69) is 74.8 Å². The fraction of sp³-hybridized carbons (Fsp3) is 0.368. The Bertz CT molecular complexity index is 575. The van der Waals surface area contributed by atoms with E-state index in [-0.39, 0.29) is 6.04 Å². The third kappa shape index (κ3) is 4.12. The Morgan fingerprint density at radius 2 is 1.76 bits per heavy atom. The zero-order valence-electron chi connectivity index (χ0n) is 13.4. The van der Waals surface area contributed by atoms with Gasteiger partial charge in [-0.15, -0.1) is 11.8 Å². The summed E-state index contributed by atoms with van der Waals surface area (Å²) in [6.07, 6.45) is 3.26. The van der Waals surface area contributed by atoms with Crippen LogP contribution in [-0.2, 0) is 0 Å². The van der Waals surface area contributed by atoms with E-state index < -0.39 is 0 Å². The predicted molar refractivity (Wildman–Crippen MR) is 94.3 cm³/mol. The maximum atomic E-state index is 3.70. The van der Waals surface area contributed by atoms with Crippen LogP contribution in [-0.4, -0.2) is 12.8 Å². The lowest BCUT2D eigenvalue weighted by atomic mass is 9.93. The minimum Gasteiger partial charge on any atom is -0.306 e. The second kappa shape index (κ2) is 7.67. The number of hydrogen-bond acceptors (Lipinski definition) is 2. The van der Waals surface area contributed by atoms with E-state index in [1.165, 1.54) is 27.1 Å². The molecule has 0 aliphatic rings. The summed E-state index contributed by atoms with van der Waals surface area (Å²) in [6.45, 7) is 7.61. The summed E-state index contributed by atoms with van der Waals surface area (Å²) >= 11 is 1.79. The zero-order chi connectivity index (χ0) is 15.2. The quantitative estimate of drug-likeness (QED) is 0.743. The first kappa shape index (κ1) is 16.1. The summed E-state index contributed by atoms with van der Waals surface area (Å²) in [5.41, 5.74) is 5.40. The lowest BCUT2D eigenvalue weighted by Crippen LogP contribution is -2.24. The van der Waals surface area contributed by atoms with Crippen molar-refractivity contribution >= 4 is 11.8 Å². The molecule has 1 N–H and O–H groups in total. The molecule has 2 aromatic rings. The number of nitrogens with one attached hydrogen (secondary N) is 1. The van der Waals surface area contributed by atoms with Crippen LogP contribution in [0.15, 0.2) is 47.4 Å². The van der Waals surface area contributed by atoms with Gasteiger partial charge in [0.1, 0.15) is 0 Å². The third-order valence-corrected chi connectivity index (χ3v) is 4.54. The molecule has 0 radical (unpaired) electrons. The summed E-state index contributed by atoms with van der Waals surface area (Å²) in [5, 5.41) is 3.70. The van der Waals surface area contributed by atoms with Gasteiger partial charge in [0.05, 0.1) is 6.04 Å². The SMILES string of the molecule is CCCNC(c1ccc(SC)cc1)c1cc(C)ccc1C. The highest BCUT2D eigenvalue weighted by Gasteiger charge is 2.15. The number of thioether (sulfide) groups is 1. The Kier molecular flexibility index (Phi) is 5.89. The van der Waals surface area contributed by atoms with Crippen LogP contribution in [0.3, 0.4) is 0 Å². The molecule has 0 aromatic heterocycles. The fourth-order valence-corrected chi connectivity index (χ4v) is 2.97. The van der Waals surface area contributed by atoms with Crippen LogP contribution in [0.4, 0.5) is 0 Å². The molecular formula is C19H25NS. The second-order valence-corrected chi connectivity index (χ2v) is 6.40. The molecule has 112 valence electrons. The van der Waals surface area contributed by atoms with Gasteiger partial charge in [-0.25, -0.2) is 0 Å². The normalized spacial score (nSPS) is 12.4. The molecule has 0 bridgehead atoms. The van der Waals surface area contributed by atoms with Crippen LogP contribution < -0.4 is 5.32 Å². The predicted octanol–water partition coefficient (Wildman–Crippen LogP) is 5.11. The van der Waals surface area contributed by atoms with Crippen LogP contribution in [0.5, 0.6) is 0 Å². The zero-order valence-corrected chi connectivity index (χ0v) is 14.3. The van der Waals surface area contributed by atoms with Crippen molar-refractivity contribution in [2.24, 2.45) is 0 Å². The minimum atomic E-state index is 0.278. The Morgan fingerprint density at radius 3 is 2.38 bits per heavy atom. The molecule has 0 amide bonds. The Hall–Kier alpha value is -1.25. The van der Waals surface area contributed by atoms with Gasteiger partial charge in [0.2, 0.25) is 0 Å². The van der Waals surface area contributed by atoms with Crippen LogP contribution >= 0.6 is 11.8 Å². The number of benzene rings is 2. The molecule has 0 saturated carbocycles. The summed E-state index contributed by atoms with van der Waals surface area (Å²) in [5.74, 6) is 0. The highest BCUT2D eigenvalue weighted by molar-refractivity contribution is 7.98. The van der Waals surface area contributed by atoms with Gasteiger partial charge in [0, 0.05) is 4.90 Å². The molecule has 0 heterocycles. The Morgan fingerprint density at radius 1 is 1.05 bits per heavy atom. The Labute approximate surface area is 133 Å². The van der Waals surface area contributed by atoms with Gasteiger partial charge in [-0.05, 0) is 61.9 Å². The molecule has 1 nitrogen and oxygen atoms in total. The lowest BCUT2D eigenvalue weighted by Gasteiger charge is -2.22. The molecule has 2 heteroatoms. The minimum absolute atomic E-state index is 0.278. The maximum Gasteiger partial charge on any atom is 0.0579 e. The van der Waals surface area contributed by atoms with Crippen LogP contribution in [0, 0.1) is 13.8 Å². The first-order valence-electron chi connectivity index (χ1n) is 7.60. The number of rotatable bonds is 6. The first-order chi connectivity index (χ1) is 10.2. The van der Waals surface area contributed by atoms with Crippen LogP contribution in [0.2, 0.25) is 0 Å². The standard InChI is InChI=1S/C19H25NS/c1-5-12-20-19(16-8-10-17(21-4)11-9-16)18-13-14(2)6-7-15(18)3/h6-11,13,19-20H,5,12H2,1-4H3. The topological polar surface area (TPSA) is 12.0 Å². The third-order valence-electron chi connectivity index (χ3n) is 3.79. The summed E-state index contributed by atoms with van der Waals surface area (Å²) in [4.78, 5) is 1.31. The van der Waals surface area contributed by atoms with Gasteiger partial charge in [-0.2, -0.15) is 0 Å². The van der Waals surface area contributed by atoms with Crippen molar-refractivity contribution in [2.75, 3.05) is 12.8 Å². The van der Waals surface area contributed by atoms with Crippen molar-refractivity contribution in [2.45, 2.75) is 38.1 Å². The molecule has 0 spiro atoms. The largest absolute Gasteiger partial charge is 0.306 e. The maximum absolute atomic E-state index is 3.70. The molecule has 2 aromatic carbocycles. The molecule has 1 atom stereocenters. The highest BCUT2D eigenvalue weighted by Crippen LogP contribution is 2.27. The monoisotopic (exact) mass is 299 g/mol. The van der Waals surface area contributed by atoms with E-state index in [4.69, 9.17) is 0 Å². The van der Waals surface area contributed by atoms with Crippen molar-refractivity contribution in [3.8, 4) is 0 Å². The van der Waals surface area contributed by atoms with E-state index in [1.54, 1.807) is 11.8 Å². The first-order valence-corrected chi connectivity index (χ1v) is 8.82. The van der Waals surface area contributed by atoms with Gasteiger partial charge < -0.3 is 5.32 Å². The molecule has 0 aliphatic carbocycles. The lowest BCUT2D eigenvalue weighted by molar-refractivity contribution is 0.595. The van der Waals surface area contributed by atoms with E-state index in [0.717, 1.165) is 13.0 Å². The van der Waals surface area contributed by atoms with Crippen molar-refractivity contribution < 1.29 is 0 Å². The molecule has 1 unspecified atom stereocenters. The second-order valence-electron chi connectivity index (χ2n) is 5.52. The van der Waals surface area contributed by atoms with Gasteiger partial charge in [-0.1, -0.05) is 42.8 Å². The van der Waals surface area contributed by atoms with Crippen molar-refractivity contribution in [3.05, 3.63) is 64.7 Å². The van der Waals surface area contributed by atoms with Gasteiger partial charge in [-0.3, -0.25) is 0 Å². The molecule has 0 fully saturated rings. The van der Waals surface area contributed by atoms with E-state index in [0.29, 0.717) is 0 Å². The van der Waals surface area contributed by atoms with Crippen molar-refractivity contribution in [3.63, 3.8) is 0 Å². The molecule has 21 heavy (non-hydrogen) atoms. The molecule has 0 aliphatic heterocycles. The molecular weight excluding hydrogens is 274 g/mol. The van der Waals surface area contributed by atoms with E-state index >= 15 is 0 Å². The van der Waals surface area contributed by atoms with Crippen molar-refractivity contribution in [1.29, 1.82) is 0 Å². The van der Waals surface area contributed by atoms with Crippen LogP contribution in [0.25, 0.3) is 0 Å². The van der Waals surface area contributed by atoms with Crippen LogP contribution in [0.1, 0.15) is 41.6 Å². The average molecular weight is 299 g/mol. The van der Waals surface area contributed by atoms with Gasteiger partial charge >= 0.3 is 0 Å². The van der Waals surface area contributed by atoms with Crippen molar-refractivity contribution in [1.82, 2.24) is 5.32 Å². The van der Waals surface area contributed by atoms with Gasteiger partial charge in [0.15, 0.2) is 0 Å². The Balaban J connectivity index is 2.38. The molecule has 2 rings (SSSR count).